The van der Waals surface area contributed by atoms with Crippen LogP contribution in [0.1, 0.15) is 27.8 Å². The van der Waals surface area contributed by atoms with Gasteiger partial charge in [0.1, 0.15) is 23.4 Å². The maximum atomic E-state index is 11.7. The van der Waals surface area contributed by atoms with Crippen molar-refractivity contribution >= 4 is 33.4 Å². The molecule has 0 aliphatic carbocycles. The second-order valence-electron chi connectivity index (χ2n) is 8.22. The van der Waals surface area contributed by atoms with Crippen molar-refractivity contribution < 1.29 is 14.6 Å². The molecule has 12 heteroatoms. The van der Waals surface area contributed by atoms with E-state index >= 15 is 0 Å². The normalized spacial score (nSPS) is 11.8. The first-order chi connectivity index (χ1) is 17.7. The zero-order chi connectivity index (χ0) is 26.5. The van der Waals surface area contributed by atoms with Gasteiger partial charge in [-0.3, -0.25) is 24.8 Å². The lowest BCUT2D eigenvalue weighted by atomic mass is 10.1. The Bertz CT molecular complexity index is 1440. The third kappa shape index (κ3) is 6.52. The third-order valence-electron chi connectivity index (χ3n) is 5.48. The highest BCUT2D eigenvalue weighted by Crippen LogP contribution is 2.41. The summed E-state index contributed by atoms with van der Waals surface area (Å²) in [5, 5.41) is 31.2. The van der Waals surface area contributed by atoms with Crippen molar-refractivity contribution in [3.63, 3.8) is 0 Å². The first kappa shape index (κ1) is 26.3. The van der Waals surface area contributed by atoms with Gasteiger partial charge in [-0.05, 0) is 49.7 Å². The molecular formula is C25H22BrN5O5S. The van der Waals surface area contributed by atoms with Gasteiger partial charge in [0.2, 0.25) is 6.54 Å². The number of nitro benzene ring substituents is 1. The highest BCUT2D eigenvalue weighted by molar-refractivity contribution is 9.10. The van der Waals surface area contributed by atoms with Crippen molar-refractivity contribution in [2.24, 2.45) is 0 Å². The third-order valence-corrected chi connectivity index (χ3v) is 7.14. The summed E-state index contributed by atoms with van der Waals surface area (Å²) < 4.78 is 8.62. The molecule has 0 radical (unpaired) electrons. The van der Waals surface area contributed by atoms with Crippen LogP contribution >= 0.6 is 27.7 Å². The van der Waals surface area contributed by atoms with E-state index in [0.717, 1.165) is 15.7 Å². The van der Waals surface area contributed by atoms with Crippen LogP contribution in [0.25, 0.3) is 5.69 Å². The highest BCUT2D eigenvalue weighted by atomic mass is 79.9. The zero-order valence-electron chi connectivity index (χ0n) is 19.9. The number of halogens is 1. The molecule has 1 heterocycles. The number of ether oxygens (including phenoxy) is 1. The maximum absolute atomic E-state index is 11.7. The molecule has 1 aromatic heterocycles. The van der Waals surface area contributed by atoms with Gasteiger partial charge in [-0.2, -0.15) is 0 Å². The van der Waals surface area contributed by atoms with E-state index in [-0.39, 0.29) is 23.8 Å². The zero-order valence-corrected chi connectivity index (χ0v) is 22.3. The fourth-order valence-electron chi connectivity index (χ4n) is 3.70. The van der Waals surface area contributed by atoms with E-state index in [1.807, 2.05) is 42.7 Å². The predicted molar refractivity (Wildman–Crippen MR) is 143 cm³/mol. The molecule has 4 rings (SSSR count). The fraction of sp³-hybridized carbons (Fsp3) is 0.200. The van der Waals surface area contributed by atoms with Crippen LogP contribution in [0.4, 0.5) is 5.69 Å². The second-order valence-corrected chi connectivity index (χ2v) is 10.3. The lowest BCUT2D eigenvalue weighted by molar-refractivity contribution is -0.479. The molecule has 10 nitrogen and oxygen atoms in total. The monoisotopic (exact) mass is 583 g/mol. The number of nitrogens with zero attached hydrogens (tertiary/aromatic N) is 5. The van der Waals surface area contributed by atoms with Crippen molar-refractivity contribution in [3.8, 4) is 11.4 Å². The molecule has 0 fully saturated rings. The molecule has 3 aromatic carbocycles. The Hall–Kier alpha value is -3.77. The minimum Gasteiger partial charge on any atom is -0.489 e. The standard InChI is InChI=1S/C25H22BrN5O5S/c1-16-6-9-20(10-7-16)30-17(2)27-28-25(30)37-24(14-29(32)33)22-13-19(26)8-11-23(22)36-15-18-4-3-5-21(12-18)31(34)35/h3-13,24H,14-15H2,1-2H3/t24-/m0/s1. The van der Waals surface area contributed by atoms with Gasteiger partial charge in [-0.25, -0.2) is 0 Å². The van der Waals surface area contributed by atoms with E-state index in [1.165, 1.54) is 23.9 Å². The summed E-state index contributed by atoms with van der Waals surface area (Å²) >= 11 is 4.68. The molecule has 0 amide bonds. The molecule has 0 N–H and O–H groups in total. The van der Waals surface area contributed by atoms with Gasteiger partial charge < -0.3 is 4.74 Å². The smallest absolute Gasteiger partial charge is 0.269 e. The molecule has 190 valence electrons. The molecule has 0 saturated heterocycles. The molecular weight excluding hydrogens is 562 g/mol. The number of aryl methyl sites for hydroxylation is 2. The van der Waals surface area contributed by atoms with Crippen molar-refractivity contribution in [1.29, 1.82) is 0 Å². The van der Waals surface area contributed by atoms with E-state index in [0.29, 0.717) is 27.9 Å². The average molecular weight is 584 g/mol. The fourth-order valence-corrected chi connectivity index (χ4v) is 5.27. The van der Waals surface area contributed by atoms with Crippen molar-refractivity contribution in [1.82, 2.24) is 14.8 Å². The van der Waals surface area contributed by atoms with Gasteiger partial charge in [-0.15, -0.1) is 10.2 Å². The summed E-state index contributed by atoms with van der Waals surface area (Å²) in [6, 6.07) is 19.3. The van der Waals surface area contributed by atoms with Crippen molar-refractivity contribution in [2.45, 2.75) is 30.9 Å². The van der Waals surface area contributed by atoms with E-state index in [9.17, 15) is 20.2 Å². The lowest BCUT2D eigenvalue weighted by Crippen LogP contribution is -2.13. The molecule has 0 aliphatic rings. The molecule has 1 atom stereocenters. The van der Waals surface area contributed by atoms with Crippen molar-refractivity contribution in [3.05, 3.63) is 114 Å². The lowest BCUT2D eigenvalue weighted by Gasteiger charge is -2.18. The number of thioether (sulfide) groups is 1. The van der Waals surface area contributed by atoms with Crippen LogP contribution in [0.3, 0.4) is 0 Å². The Morgan fingerprint density at radius 3 is 2.49 bits per heavy atom. The molecule has 37 heavy (non-hydrogen) atoms. The second kappa shape index (κ2) is 11.5. The SMILES string of the molecule is Cc1ccc(-n2c(C)nnc2S[C@@H](C[N+](=O)[O-])c2cc(Br)ccc2OCc2cccc([N+](=O)[O-])c2)cc1. The summed E-state index contributed by atoms with van der Waals surface area (Å²) in [7, 11) is 0. The van der Waals surface area contributed by atoms with Crippen LogP contribution in [0.2, 0.25) is 0 Å². The van der Waals surface area contributed by atoms with Crippen molar-refractivity contribution in [2.75, 3.05) is 6.54 Å². The Kier molecular flexibility index (Phi) is 8.19. The largest absolute Gasteiger partial charge is 0.489 e. The number of non-ortho nitro benzene ring substituents is 1. The molecule has 0 unspecified atom stereocenters. The number of nitro groups is 2. The van der Waals surface area contributed by atoms with Crippen LogP contribution in [-0.4, -0.2) is 31.2 Å². The van der Waals surface area contributed by atoms with Gasteiger partial charge in [-0.1, -0.05) is 57.5 Å². The molecule has 4 aromatic rings. The number of aromatic nitrogens is 3. The maximum Gasteiger partial charge on any atom is 0.269 e. The van der Waals surface area contributed by atoms with E-state index in [2.05, 4.69) is 26.1 Å². The highest BCUT2D eigenvalue weighted by Gasteiger charge is 2.27. The van der Waals surface area contributed by atoms with Gasteiger partial charge in [0.05, 0.1) is 4.92 Å². The van der Waals surface area contributed by atoms with E-state index in [1.54, 1.807) is 30.3 Å². The Morgan fingerprint density at radius 1 is 1.03 bits per heavy atom. The summed E-state index contributed by atoms with van der Waals surface area (Å²) in [4.78, 5) is 22.0. The number of hydrogen-bond acceptors (Lipinski definition) is 8. The first-order valence-corrected chi connectivity index (χ1v) is 12.8. The summed E-state index contributed by atoms with van der Waals surface area (Å²) in [6.45, 7) is 3.50. The summed E-state index contributed by atoms with van der Waals surface area (Å²) in [6.07, 6.45) is 0. The van der Waals surface area contributed by atoms with Gasteiger partial charge in [0.25, 0.3) is 5.69 Å². The number of rotatable bonds is 10. The number of hydrogen-bond donors (Lipinski definition) is 0. The Labute approximate surface area is 225 Å². The molecule has 0 aliphatic heterocycles. The topological polar surface area (TPSA) is 126 Å². The Morgan fingerprint density at radius 2 is 1.78 bits per heavy atom. The van der Waals surface area contributed by atoms with Gasteiger partial charge in [0.15, 0.2) is 5.16 Å². The van der Waals surface area contributed by atoms with E-state index < -0.39 is 10.2 Å². The first-order valence-electron chi connectivity index (χ1n) is 11.1. The van der Waals surface area contributed by atoms with Gasteiger partial charge in [0, 0.05) is 32.8 Å². The average Bonchev–Trinajstić information content (AvgIpc) is 3.23. The van der Waals surface area contributed by atoms with Gasteiger partial charge >= 0.3 is 0 Å². The molecule has 0 saturated carbocycles. The van der Waals surface area contributed by atoms with Crippen LogP contribution < -0.4 is 4.74 Å². The summed E-state index contributed by atoms with van der Waals surface area (Å²) in [5.41, 5.74) is 3.13. The van der Waals surface area contributed by atoms with Crippen LogP contribution in [0.15, 0.2) is 76.4 Å². The minimum atomic E-state index is -0.652. The Balaban J connectivity index is 1.67. The van der Waals surface area contributed by atoms with E-state index in [4.69, 9.17) is 4.74 Å². The molecule has 0 spiro atoms. The quantitative estimate of drug-likeness (QED) is 0.122. The summed E-state index contributed by atoms with van der Waals surface area (Å²) in [5.74, 6) is 1.09. The van der Waals surface area contributed by atoms with Crippen LogP contribution in [0.5, 0.6) is 5.75 Å². The van der Waals surface area contributed by atoms with Crippen LogP contribution in [-0.2, 0) is 6.61 Å². The minimum absolute atomic E-state index is 0.0373. The van der Waals surface area contributed by atoms with Crippen LogP contribution in [0, 0.1) is 34.1 Å². The number of benzene rings is 3. The predicted octanol–water partition coefficient (Wildman–Crippen LogP) is 6.24. The molecule has 0 bridgehead atoms.